The van der Waals surface area contributed by atoms with Crippen LogP contribution in [-0.4, -0.2) is 106 Å². The molecule has 2 aliphatic rings. The van der Waals surface area contributed by atoms with Gasteiger partial charge in [-0.05, 0) is 56.1 Å². The third-order valence-electron chi connectivity index (χ3n) is 8.84. The van der Waals surface area contributed by atoms with E-state index in [9.17, 15) is 8.42 Å². The Labute approximate surface area is 260 Å². The summed E-state index contributed by atoms with van der Waals surface area (Å²) in [6.07, 6.45) is 5.41. The number of piperazine rings is 1. The zero-order valence-electron chi connectivity index (χ0n) is 26.0. The number of aromatic nitrogens is 3. The van der Waals surface area contributed by atoms with Crippen LogP contribution < -0.4 is 19.3 Å². The number of piperidine rings is 1. The average molecular weight is 619 g/mol. The number of likely N-dealkylation sites (N-methyl/N-ethyl adjacent to an activating group) is 1. The molecule has 11 nitrogen and oxygen atoms in total. The minimum absolute atomic E-state index is 0.403. The molecule has 0 aliphatic carbocycles. The number of sulfonamides is 1. The fourth-order valence-electron chi connectivity index (χ4n) is 6.25. The molecule has 2 aromatic heterocycles. The second kappa shape index (κ2) is 12.6. The fourth-order valence-corrected chi connectivity index (χ4v) is 6.77. The Kier molecular flexibility index (Phi) is 8.66. The lowest BCUT2D eigenvalue weighted by atomic mass is 9.96. The van der Waals surface area contributed by atoms with Crippen molar-refractivity contribution in [2.45, 2.75) is 12.8 Å². The maximum absolute atomic E-state index is 12.3. The van der Waals surface area contributed by atoms with Crippen molar-refractivity contribution in [3.05, 3.63) is 60.8 Å². The zero-order valence-corrected chi connectivity index (χ0v) is 26.8. The molecule has 0 unspecified atom stereocenters. The Bertz CT molecular complexity index is 1720. The van der Waals surface area contributed by atoms with Gasteiger partial charge < -0.3 is 24.8 Å². The topological polar surface area (TPSA) is 98.5 Å². The summed E-state index contributed by atoms with van der Waals surface area (Å²) < 4.78 is 33.5. The molecule has 2 aliphatic heterocycles. The van der Waals surface area contributed by atoms with Gasteiger partial charge in [0.25, 0.3) is 0 Å². The first-order valence-electron chi connectivity index (χ1n) is 15.2. The maximum atomic E-state index is 12.3. The standard InChI is InChI=1S/C32H42N8O3S/c1-36-16-18-38(19-17-36)22-24-8-7-15-39(23-24)25-11-13-28(31(20-25)43-3)34-32-33-21-26-12-14-30(40(26)35-32)27-9-5-6-10-29(27)37(2)44(4,41)42/h5-6,9-14,20-21,24H,7-8,15-19,22-23H2,1-4H3,(H,34,35)/t24-/m0/s1. The second-order valence-corrected chi connectivity index (χ2v) is 14.0. The van der Waals surface area contributed by atoms with Crippen molar-refractivity contribution in [3.8, 4) is 17.0 Å². The Morgan fingerprint density at radius 1 is 1.05 bits per heavy atom. The Balaban J connectivity index is 1.21. The Morgan fingerprint density at radius 3 is 2.61 bits per heavy atom. The number of hydrogen-bond donors (Lipinski definition) is 1. The van der Waals surface area contributed by atoms with Gasteiger partial charge in [-0.3, -0.25) is 4.31 Å². The molecule has 6 rings (SSSR count). The lowest BCUT2D eigenvalue weighted by Gasteiger charge is -2.39. The van der Waals surface area contributed by atoms with E-state index in [2.05, 4.69) is 44.2 Å². The van der Waals surface area contributed by atoms with Gasteiger partial charge in [-0.25, -0.2) is 17.9 Å². The van der Waals surface area contributed by atoms with Crippen LogP contribution in [-0.2, 0) is 10.0 Å². The average Bonchev–Trinajstić information content (AvgIpc) is 3.45. The number of benzene rings is 2. The monoisotopic (exact) mass is 618 g/mol. The molecule has 4 aromatic rings. The van der Waals surface area contributed by atoms with Crippen LogP contribution in [0.1, 0.15) is 12.8 Å². The third-order valence-corrected chi connectivity index (χ3v) is 10.0. The van der Waals surface area contributed by atoms with Crippen LogP contribution in [0.4, 0.5) is 23.0 Å². The van der Waals surface area contributed by atoms with E-state index in [1.54, 1.807) is 30.9 Å². The van der Waals surface area contributed by atoms with Gasteiger partial charge in [0.1, 0.15) is 5.75 Å². The van der Waals surface area contributed by atoms with Gasteiger partial charge in [0.15, 0.2) is 0 Å². The minimum atomic E-state index is -3.45. The molecular formula is C32H42N8O3S. The van der Waals surface area contributed by atoms with Crippen molar-refractivity contribution in [2.75, 3.05) is 87.8 Å². The number of hydrogen-bond acceptors (Lipinski definition) is 9. The predicted molar refractivity (Wildman–Crippen MR) is 177 cm³/mol. The van der Waals surface area contributed by atoms with E-state index in [4.69, 9.17) is 9.84 Å². The van der Waals surface area contributed by atoms with E-state index in [1.165, 1.54) is 23.4 Å². The van der Waals surface area contributed by atoms with Crippen molar-refractivity contribution in [2.24, 2.45) is 5.92 Å². The number of nitrogens with one attached hydrogen (secondary N) is 1. The summed E-state index contributed by atoms with van der Waals surface area (Å²) in [6.45, 7) is 7.87. The quantitative estimate of drug-likeness (QED) is 0.298. The van der Waals surface area contributed by atoms with E-state index < -0.39 is 10.0 Å². The molecule has 234 valence electrons. The lowest BCUT2D eigenvalue weighted by Crippen LogP contribution is -2.48. The van der Waals surface area contributed by atoms with Crippen LogP contribution in [0.2, 0.25) is 0 Å². The van der Waals surface area contributed by atoms with Crippen LogP contribution >= 0.6 is 0 Å². The first-order chi connectivity index (χ1) is 21.2. The maximum Gasteiger partial charge on any atom is 0.245 e. The van der Waals surface area contributed by atoms with Crippen LogP contribution in [0, 0.1) is 5.92 Å². The number of anilines is 4. The van der Waals surface area contributed by atoms with Gasteiger partial charge >= 0.3 is 0 Å². The number of fused-ring (bicyclic) bond motifs is 1. The van der Waals surface area contributed by atoms with Crippen LogP contribution in [0.25, 0.3) is 16.8 Å². The van der Waals surface area contributed by atoms with Crippen molar-refractivity contribution in [3.63, 3.8) is 0 Å². The van der Waals surface area contributed by atoms with E-state index in [1.807, 2.05) is 36.4 Å². The van der Waals surface area contributed by atoms with Crippen molar-refractivity contribution < 1.29 is 13.2 Å². The van der Waals surface area contributed by atoms with Crippen LogP contribution in [0.5, 0.6) is 5.75 Å². The molecular weight excluding hydrogens is 576 g/mol. The Hall–Kier alpha value is -3.87. The molecule has 0 radical (unpaired) electrons. The summed E-state index contributed by atoms with van der Waals surface area (Å²) in [4.78, 5) is 12.1. The highest BCUT2D eigenvalue weighted by atomic mass is 32.2. The van der Waals surface area contributed by atoms with E-state index in [0.29, 0.717) is 17.6 Å². The molecule has 12 heteroatoms. The lowest BCUT2D eigenvalue weighted by molar-refractivity contribution is 0.131. The predicted octanol–water partition coefficient (Wildman–Crippen LogP) is 4.01. The SMILES string of the molecule is COc1cc(N2CCC[C@@H](CN3CCN(C)CC3)C2)ccc1Nc1ncc2ccc(-c3ccccc3N(C)S(C)(=O)=O)n2n1. The zero-order chi connectivity index (χ0) is 30.8. The summed E-state index contributed by atoms with van der Waals surface area (Å²) in [5, 5.41) is 8.12. The van der Waals surface area contributed by atoms with Crippen molar-refractivity contribution in [1.82, 2.24) is 24.4 Å². The normalized spacial score (nSPS) is 18.5. The van der Waals surface area contributed by atoms with Crippen molar-refractivity contribution >= 4 is 38.6 Å². The summed E-state index contributed by atoms with van der Waals surface area (Å²) in [7, 11) is 2.00. The Morgan fingerprint density at radius 2 is 1.84 bits per heavy atom. The first-order valence-corrected chi connectivity index (χ1v) is 17.0. The van der Waals surface area contributed by atoms with Crippen LogP contribution in [0.15, 0.2) is 60.8 Å². The molecule has 0 amide bonds. The second-order valence-electron chi connectivity index (χ2n) is 12.0. The molecule has 1 atom stereocenters. The molecule has 44 heavy (non-hydrogen) atoms. The number of para-hydroxylation sites is 1. The van der Waals surface area contributed by atoms with Gasteiger partial charge in [0.2, 0.25) is 16.0 Å². The number of ether oxygens (including phenoxy) is 1. The van der Waals surface area contributed by atoms with Gasteiger partial charge in [0.05, 0.1) is 42.1 Å². The third kappa shape index (κ3) is 6.47. The minimum Gasteiger partial charge on any atom is -0.494 e. The molecule has 0 spiro atoms. The van der Waals surface area contributed by atoms with Gasteiger partial charge in [-0.2, -0.15) is 0 Å². The summed E-state index contributed by atoms with van der Waals surface area (Å²) >= 11 is 0. The largest absolute Gasteiger partial charge is 0.494 e. The summed E-state index contributed by atoms with van der Waals surface area (Å²) in [5.41, 5.74) is 4.80. The summed E-state index contributed by atoms with van der Waals surface area (Å²) in [5.74, 6) is 1.79. The van der Waals surface area contributed by atoms with E-state index in [0.717, 1.165) is 79.7 Å². The molecule has 2 aromatic carbocycles. The number of methoxy groups -OCH3 is 1. The highest BCUT2D eigenvalue weighted by molar-refractivity contribution is 7.92. The number of nitrogens with zero attached hydrogens (tertiary/aromatic N) is 7. The van der Waals surface area contributed by atoms with Gasteiger partial charge in [-0.1, -0.05) is 18.2 Å². The van der Waals surface area contributed by atoms with Gasteiger partial charge in [0, 0.05) is 70.2 Å². The highest BCUT2D eigenvalue weighted by Gasteiger charge is 2.25. The molecule has 0 bridgehead atoms. The van der Waals surface area contributed by atoms with E-state index >= 15 is 0 Å². The molecule has 0 saturated carbocycles. The van der Waals surface area contributed by atoms with E-state index in [-0.39, 0.29) is 0 Å². The highest BCUT2D eigenvalue weighted by Crippen LogP contribution is 2.35. The summed E-state index contributed by atoms with van der Waals surface area (Å²) in [6, 6.07) is 17.5. The molecule has 2 saturated heterocycles. The molecule has 2 fully saturated rings. The fraction of sp³-hybridized carbons (Fsp3) is 0.438. The first kappa shape index (κ1) is 30.2. The van der Waals surface area contributed by atoms with Gasteiger partial charge in [-0.15, -0.1) is 5.10 Å². The number of rotatable bonds is 9. The van der Waals surface area contributed by atoms with Crippen LogP contribution in [0.3, 0.4) is 0 Å². The smallest absolute Gasteiger partial charge is 0.245 e. The molecule has 4 heterocycles. The van der Waals surface area contributed by atoms with Crippen molar-refractivity contribution in [1.29, 1.82) is 0 Å². The molecule has 1 N–H and O–H groups in total.